The van der Waals surface area contributed by atoms with Gasteiger partial charge in [-0.2, -0.15) is 0 Å². The minimum atomic E-state index is -0.191. The van der Waals surface area contributed by atoms with Gasteiger partial charge < -0.3 is 14.9 Å². The first kappa shape index (κ1) is 12.6. The van der Waals surface area contributed by atoms with E-state index in [4.69, 9.17) is 14.9 Å². The molecule has 96 valence electrons. The monoisotopic (exact) mass is 246 g/mol. The number of nitrogens with two attached hydrogens (primary N) is 1. The van der Waals surface area contributed by atoms with Crippen molar-refractivity contribution < 1.29 is 9.15 Å². The third kappa shape index (κ3) is 2.24. The SMILES string of the molecule is COc1ccccc1-c1nc(C(C)(C)CN)co1. The minimum Gasteiger partial charge on any atom is -0.496 e. The second-order valence-electron chi connectivity index (χ2n) is 4.83. The number of aromatic nitrogens is 1. The van der Waals surface area contributed by atoms with E-state index < -0.39 is 0 Å². The third-order valence-corrected chi connectivity index (χ3v) is 3.05. The zero-order valence-corrected chi connectivity index (χ0v) is 10.9. The van der Waals surface area contributed by atoms with Crippen molar-refractivity contribution >= 4 is 0 Å². The van der Waals surface area contributed by atoms with Crippen molar-refractivity contribution in [2.24, 2.45) is 5.73 Å². The van der Waals surface area contributed by atoms with E-state index in [-0.39, 0.29) is 5.41 Å². The van der Waals surface area contributed by atoms with Gasteiger partial charge in [0.15, 0.2) is 0 Å². The Morgan fingerprint density at radius 3 is 2.72 bits per heavy atom. The summed E-state index contributed by atoms with van der Waals surface area (Å²) in [6.45, 7) is 4.60. The first-order valence-electron chi connectivity index (χ1n) is 5.88. The molecule has 2 N–H and O–H groups in total. The zero-order chi connectivity index (χ0) is 13.2. The molecule has 0 saturated carbocycles. The minimum absolute atomic E-state index is 0.191. The average molecular weight is 246 g/mol. The number of hydrogen-bond donors (Lipinski definition) is 1. The van der Waals surface area contributed by atoms with E-state index in [0.717, 1.165) is 17.0 Å². The van der Waals surface area contributed by atoms with Gasteiger partial charge in [-0.3, -0.25) is 0 Å². The molecule has 4 heteroatoms. The van der Waals surface area contributed by atoms with Gasteiger partial charge >= 0.3 is 0 Å². The maximum atomic E-state index is 5.74. The molecule has 2 rings (SSSR count). The topological polar surface area (TPSA) is 61.3 Å². The molecule has 0 spiro atoms. The predicted octanol–water partition coefficient (Wildman–Crippen LogP) is 2.59. The lowest BCUT2D eigenvalue weighted by Gasteiger charge is -2.18. The van der Waals surface area contributed by atoms with Crippen LogP contribution in [0.1, 0.15) is 19.5 Å². The molecule has 0 unspecified atom stereocenters. The van der Waals surface area contributed by atoms with Crippen LogP contribution in [0.3, 0.4) is 0 Å². The van der Waals surface area contributed by atoms with Crippen LogP contribution in [-0.4, -0.2) is 18.6 Å². The highest BCUT2D eigenvalue weighted by Crippen LogP contribution is 2.31. The lowest BCUT2D eigenvalue weighted by Crippen LogP contribution is -2.28. The van der Waals surface area contributed by atoms with Crippen molar-refractivity contribution in [3.63, 3.8) is 0 Å². The molecule has 0 radical (unpaired) electrons. The van der Waals surface area contributed by atoms with Crippen molar-refractivity contribution in [1.29, 1.82) is 0 Å². The second kappa shape index (κ2) is 4.82. The summed E-state index contributed by atoms with van der Waals surface area (Å²) in [6, 6.07) is 7.64. The van der Waals surface area contributed by atoms with Gasteiger partial charge in [-0.1, -0.05) is 26.0 Å². The molecule has 0 amide bonds. The van der Waals surface area contributed by atoms with Crippen LogP contribution in [0, 0.1) is 0 Å². The number of ether oxygens (including phenoxy) is 1. The molecule has 1 aromatic carbocycles. The Morgan fingerprint density at radius 1 is 1.33 bits per heavy atom. The molecule has 0 saturated heterocycles. The fraction of sp³-hybridized carbons (Fsp3) is 0.357. The van der Waals surface area contributed by atoms with E-state index in [0.29, 0.717) is 12.4 Å². The molecule has 2 aromatic rings. The number of oxazole rings is 1. The first-order chi connectivity index (χ1) is 8.58. The van der Waals surface area contributed by atoms with Crippen LogP contribution in [0.5, 0.6) is 5.75 Å². The highest BCUT2D eigenvalue weighted by molar-refractivity contribution is 5.62. The van der Waals surface area contributed by atoms with Gasteiger partial charge in [0.1, 0.15) is 12.0 Å². The van der Waals surface area contributed by atoms with Crippen molar-refractivity contribution in [1.82, 2.24) is 4.98 Å². The Bertz CT molecular complexity index is 532. The molecule has 0 aliphatic carbocycles. The molecular weight excluding hydrogens is 228 g/mol. The molecule has 0 fully saturated rings. The highest BCUT2D eigenvalue weighted by atomic mass is 16.5. The normalized spacial score (nSPS) is 11.6. The van der Waals surface area contributed by atoms with Crippen molar-refractivity contribution in [2.45, 2.75) is 19.3 Å². The van der Waals surface area contributed by atoms with Crippen LogP contribution < -0.4 is 10.5 Å². The van der Waals surface area contributed by atoms with E-state index >= 15 is 0 Å². The van der Waals surface area contributed by atoms with Crippen LogP contribution in [0.2, 0.25) is 0 Å². The van der Waals surface area contributed by atoms with Gasteiger partial charge in [0.25, 0.3) is 0 Å². The molecule has 0 atom stereocenters. The molecule has 0 aliphatic heterocycles. The molecule has 1 heterocycles. The Kier molecular flexibility index (Phi) is 3.39. The van der Waals surface area contributed by atoms with Gasteiger partial charge in [-0.25, -0.2) is 4.98 Å². The third-order valence-electron chi connectivity index (χ3n) is 3.05. The number of benzene rings is 1. The molecule has 0 aliphatic rings. The van der Waals surface area contributed by atoms with Gasteiger partial charge in [0.05, 0.1) is 18.4 Å². The van der Waals surface area contributed by atoms with E-state index in [9.17, 15) is 0 Å². The van der Waals surface area contributed by atoms with Crippen LogP contribution in [-0.2, 0) is 5.41 Å². The fourth-order valence-electron chi connectivity index (χ4n) is 1.63. The Balaban J connectivity index is 2.41. The van der Waals surface area contributed by atoms with E-state index in [1.807, 2.05) is 38.1 Å². The van der Waals surface area contributed by atoms with Crippen molar-refractivity contribution in [2.75, 3.05) is 13.7 Å². The predicted molar refractivity (Wildman–Crippen MR) is 70.6 cm³/mol. The molecule has 18 heavy (non-hydrogen) atoms. The summed E-state index contributed by atoms with van der Waals surface area (Å²) >= 11 is 0. The summed E-state index contributed by atoms with van der Waals surface area (Å²) in [5.41, 5.74) is 7.24. The first-order valence-corrected chi connectivity index (χ1v) is 5.88. The Morgan fingerprint density at radius 2 is 2.06 bits per heavy atom. The fourth-order valence-corrected chi connectivity index (χ4v) is 1.63. The van der Waals surface area contributed by atoms with Gasteiger partial charge in [0, 0.05) is 12.0 Å². The summed E-state index contributed by atoms with van der Waals surface area (Å²) in [4.78, 5) is 4.50. The van der Waals surface area contributed by atoms with E-state index in [1.54, 1.807) is 13.4 Å². The van der Waals surface area contributed by atoms with Crippen molar-refractivity contribution in [3.05, 3.63) is 36.2 Å². The maximum absolute atomic E-state index is 5.74. The number of para-hydroxylation sites is 1. The quantitative estimate of drug-likeness (QED) is 0.900. The van der Waals surface area contributed by atoms with Gasteiger partial charge in [-0.15, -0.1) is 0 Å². The smallest absolute Gasteiger partial charge is 0.229 e. The summed E-state index contributed by atoms with van der Waals surface area (Å²) in [5, 5.41) is 0. The highest BCUT2D eigenvalue weighted by Gasteiger charge is 2.23. The van der Waals surface area contributed by atoms with Gasteiger partial charge in [0.2, 0.25) is 5.89 Å². The lowest BCUT2D eigenvalue weighted by atomic mass is 9.90. The zero-order valence-electron chi connectivity index (χ0n) is 10.9. The van der Waals surface area contributed by atoms with E-state index in [2.05, 4.69) is 4.98 Å². The van der Waals surface area contributed by atoms with Crippen molar-refractivity contribution in [3.8, 4) is 17.2 Å². The average Bonchev–Trinajstić information content (AvgIpc) is 2.89. The van der Waals surface area contributed by atoms with E-state index in [1.165, 1.54) is 0 Å². The van der Waals surface area contributed by atoms with Crippen LogP contribution in [0.15, 0.2) is 34.9 Å². The van der Waals surface area contributed by atoms with Crippen LogP contribution >= 0.6 is 0 Å². The Labute approximate surface area is 107 Å². The molecule has 1 aromatic heterocycles. The molecule has 0 bridgehead atoms. The maximum Gasteiger partial charge on any atom is 0.229 e. The van der Waals surface area contributed by atoms with Crippen LogP contribution in [0.4, 0.5) is 0 Å². The second-order valence-corrected chi connectivity index (χ2v) is 4.83. The summed E-state index contributed by atoms with van der Waals surface area (Å²) < 4.78 is 10.8. The summed E-state index contributed by atoms with van der Waals surface area (Å²) in [6.07, 6.45) is 1.66. The van der Waals surface area contributed by atoms with Gasteiger partial charge in [-0.05, 0) is 12.1 Å². The molecule has 4 nitrogen and oxygen atoms in total. The van der Waals surface area contributed by atoms with Crippen LogP contribution in [0.25, 0.3) is 11.5 Å². The Hall–Kier alpha value is -1.81. The largest absolute Gasteiger partial charge is 0.496 e. The number of hydrogen-bond acceptors (Lipinski definition) is 4. The summed E-state index contributed by atoms with van der Waals surface area (Å²) in [7, 11) is 1.63. The summed E-state index contributed by atoms with van der Waals surface area (Å²) in [5.74, 6) is 1.31. The lowest BCUT2D eigenvalue weighted by molar-refractivity contribution is 0.414. The standard InChI is InChI=1S/C14H18N2O2/c1-14(2,9-15)12-8-18-13(16-12)10-6-4-5-7-11(10)17-3/h4-8H,9,15H2,1-3H3. The molecular formula is C14H18N2O2. The number of nitrogens with zero attached hydrogens (tertiary/aromatic N) is 1. The number of methoxy groups -OCH3 is 1. The number of rotatable bonds is 4.